The molecule has 0 unspecified atom stereocenters. The predicted molar refractivity (Wildman–Crippen MR) is 110 cm³/mol. The molecule has 8 nitrogen and oxygen atoms in total. The van der Waals surface area contributed by atoms with Gasteiger partial charge in [0, 0.05) is 24.3 Å². The highest BCUT2D eigenvalue weighted by atomic mass is 35.5. The SMILES string of the molecule is COCC1(c2nnc(-c3ncc4c(Cl)cc(S(=O)(=O)NC5(C)CC5)cn34)s2)CC1. The van der Waals surface area contributed by atoms with Crippen LogP contribution in [0.25, 0.3) is 16.3 Å². The van der Waals surface area contributed by atoms with Crippen LogP contribution in [0.1, 0.15) is 37.6 Å². The zero-order chi connectivity index (χ0) is 20.4. The lowest BCUT2D eigenvalue weighted by Crippen LogP contribution is -2.34. The van der Waals surface area contributed by atoms with E-state index in [1.807, 2.05) is 6.92 Å². The van der Waals surface area contributed by atoms with Crippen LogP contribution in [-0.2, 0) is 20.2 Å². The highest BCUT2D eigenvalue weighted by molar-refractivity contribution is 7.89. The van der Waals surface area contributed by atoms with Gasteiger partial charge in [-0.25, -0.2) is 18.1 Å². The molecule has 0 amide bonds. The molecule has 0 aliphatic heterocycles. The zero-order valence-corrected chi connectivity index (χ0v) is 18.4. The summed E-state index contributed by atoms with van der Waals surface area (Å²) in [7, 11) is -2.01. The summed E-state index contributed by atoms with van der Waals surface area (Å²) in [6.07, 6.45) is 6.87. The molecule has 0 spiro atoms. The van der Waals surface area contributed by atoms with Gasteiger partial charge in [0.2, 0.25) is 10.0 Å². The summed E-state index contributed by atoms with van der Waals surface area (Å²) in [6, 6.07) is 1.46. The van der Waals surface area contributed by atoms with Crippen LogP contribution < -0.4 is 4.72 Å². The minimum atomic E-state index is -3.69. The second-order valence-corrected chi connectivity index (χ2v) is 11.2. The summed E-state index contributed by atoms with van der Waals surface area (Å²) in [5.41, 5.74) is 0.201. The first kappa shape index (κ1) is 19.4. The van der Waals surface area contributed by atoms with Crippen LogP contribution in [0.4, 0.5) is 0 Å². The highest BCUT2D eigenvalue weighted by Gasteiger charge is 2.47. The van der Waals surface area contributed by atoms with Gasteiger partial charge in [-0.1, -0.05) is 22.9 Å². The quantitative estimate of drug-likeness (QED) is 0.590. The van der Waals surface area contributed by atoms with Gasteiger partial charge in [0.1, 0.15) is 9.90 Å². The van der Waals surface area contributed by atoms with Crippen LogP contribution in [0, 0.1) is 0 Å². The number of halogens is 1. The number of rotatable bonds is 7. The predicted octanol–water partition coefficient (Wildman–Crippen LogP) is 3.02. The fraction of sp³-hybridized carbons (Fsp3) is 0.500. The molecule has 3 heterocycles. The number of nitrogens with zero attached hydrogens (tertiary/aromatic N) is 4. The Balaban J connectivity index is 1.56. The van der Waals surface area contributed by atoms with E-state index >= 15 is 0 Å². The number of pyridine rings is 1. The first-order valence-corrected chi connectivity index (χ1v) is 12.0. The molecule has 3 aromatic heterocycles. The van der Waals surface area contributed by atoms with Gasteiger partial charge in [-0.3, -0.25) is 4.40 Å². The van der Waals surface area contributed by atoms with E-state index in [-0.39, 0.29) is 15.8 Å². The van der Waals surface area contributed by atoms with E-state index in [0.29, 0.717) is 28.0 Å². The maximum absolute atomic E-state index is 12.8. The Kier molecular flexibility index (Phi) is 4.31. The van der Waals surface area contributed by atoms with E-state index in [4.69, 9.17) is 16.3 Å². The van der Waals surface area contributed by atoms with E-state index in [1.165, 1.54) is 17.4 Å². The van der Waals surface area contributed by atoms with Gasteiger partial charge >= 0.3 is 0 Å². The molecule has 0 radical (unpaired) electrons. The van der Waals surface area contributed by atoms with Crippen molar-refractivity contribution < 1.29 is 13.2 Å². The standard InChI is InChI=1S/C18H20ClN5O3S2/c1-17(3-4-17)23-29(25,26)11-7-12(19)13-8-20-14(24(13)9-11)15-21-22-16(28-15)18(5-6-18)10-27-2/h7-9,23H,3-6,10H2,1-2H3. The summed E-state index contributed by atoms with van der Waals surface area (Å²) in [6.45, 7) is 2.51. The first-order valence-electron chi connectivity index (χ1n) is 9.29. The van der Waals surface area contributed by atoms with Gasteiger partial charge in [-0.05, 0) is 38.7 Å². The molecular weight excluding hydrogens is 434 g/mol. The Labute approximate surface area is 177 Å². The fourth-order valence-corrected chi connectivity index (χ4v) is 6.26. The molecule has 0 atom stereocenters. The van der Waals surface area contributed by atoms with E-state index in [2.05, 4.69) is 19.9 Å². The number of aromatic nitrogens is 4. The van der Waals surface area contributed by atoms with Crippen molar-refractivity contribution in [2.24, 2.45) is 0 Å². The summed E-state index contributed by atoms with van der Waals surface area (Å²) >= 11 is 7.84. The second kappa shape index (κ2) is 6.45. The molecule has 2 aliphatic carbocycles. The summed E-state index contributed by atoms with van der Waals surface area (Å²) in [4.78, 5) is 4.54. The van der Waals surface area contributed by atoms with E-state index in [0.717, 1.165) is 30.7 Å². The van der Waals surface area contributed by atoms with Crippen molar-refractivity contribution in [1.82, 2.24) is 24.3 Å². The van der Waals surface area contributed by atoms with Gasteiger partial charge < -0.3 is 4.74 Å². The third kappa shape index (κ3) is 3.36. The number of sulfonamides is 1. The molecular formula is C18H20ClN5O3S2. The Hall–Kier alpha value is -1.59. The van der Waals surface area contributed by atoms with Crippen molar-refractivity contribution in [3.05, 3.63) is 28.5 Å². The topological polar surface area (TPSA) is 98.5 Å². The molecule has 3 aromatic rings. The summed E-state index contributed by atoms with van der Waals surface area (Å²) in [5, 5.41) is 10.5. The monoisotopic (exact) mass is 453 g/mol. The summed E-state index contributed by atoms with van der Waals surface area (Å²) in [5.74, 6) is 0.522. The number of imidazole rings is 1. The molecule has 5 rings (SSSR count). The maximum Gasteiger partial charge on any atom is 0.242 e. The minimum absolute atomic E-state index is 0.0481. The maximum atomic E-state index is 12.8. The molecule has 0 saturated heterocycles. The number of ether oxygens (including phenoxy) is 1. The molecule has 1 N–H and O–H groups in total. The lowest BCUT2D eigenvalue weighted by atomic mass is 10.1. The van der Waals surface area contributed by atoms with Crippen molar-refractivity contribution in [3.63, 3.8) is 0 Å². The third-order valence-corrected chi connectivity index (χ3v) is 8.68. The zero-order valence-electron chi connectivity index (χ0n) is 16.0. The number of hydrogen-bond donors (Lipinski definition) is 1. The van der Waals surface area contributed by atoms with Crippen LogP contribution in [0.15, 0.2) is 23.4 Å². The summed E-state index contributed by atoms with van der Waals surface area (Å²) < 4.78 is 35.4. The lowest BCUT2D eigenvalue weighted by molar-refractivity contribution is 0.171. The van der Waals surface area contributed by atoms with Gasteiger partial charge in [0.25, 0.3) is 0 Å². The molecule has 29 heavy (non-hydrogen) atoms. The number of nitrogens with one attached hydrogen (secondary N) is 1. The second-order valence-electron chi connectivity index (χ2n) is 8.15. The van der Waals surface area contributed by atoms with Crippen molar-refractivity contribution >= 4 is 38.5 Å². The minimum Gasteiger partial charge on any atom is -0.384 e. The molecule has 11 heteroatoms. The molecule has 2 aliphatic rings. The van der Waals surface area contributed by atoms with Gasteiger partial charge in [-0.15, -0.1) is 10.2 Å². The largest absolute Gasteiger partial charge is 0.384 e. The van der Waals surface area contributed by atoms with Gasteiger partial charge in [0.15, 0.2) is 10.8 Å². The highest BCUT2D eigenvalue weighted by Crippen LogP contribution is 2.50. The van der Waals surface area contributed by atoms with Gasteiger partial charge in [0.05, 0.1) is 23.3 Å². The fourth-order valence-electron chi connectivity index (χ4n) is 3.38. The molecule has 0 bridgehead atoms. The van der Waals surface area contributed by atoms with Crippen LogP contribution >= 0.6 is 22.9 Å². The van der Waals surface area contributed by atoms with Gasteiger partial charge in [-0.2, -0.15) is 0 Å². The Morgan fingerprint density at radius 3 is 2.72 bits per heavy atom. The smallest absolute Gasteiger partial charge is 0.242 e. The van der Waals surface area contributed by atoms with E-state index in [1.54, 1.807) is 23.9 Å². The average molecular weight is 454 g/mol. The molecule has 0 aromatic carbocycles. The Bertz CT molecular complexity index is 1210. The molecule has 2 fully saturated rings. The van der Waals surface area contributed by atoms with Crippen LogP contribution in [0.3, 0.4) is 0 Å². The number of fused-ring (bicyclic) bond motifs is 1. The van der Waals surface area contributed by atoms with Crippen molar-refractivity contribution in [2.75, 3.05) is 13.7 Å². The number of methoxy groups -OCH3 is 1. The third-order valence-electron chi connectivity index (χ3n) is 5.60. The van der Waals surface area contributed by atoms with Crippen LogP contribution in [0.5, 0.6) is 0 Å². The molecule has 154 valence electrons. The first-order chi connectivity index (χ1) is 13.8. The van der Waals surface area contributed by atoms with E-state index < -0.39 is 10.0 Å². The Morgan fingerprint density at radius 2 is 2.07 bits per heavy atom. The Morgan fingerprint density at radius 1 is 1.31 bits per heavy atom. The van der Waals surface area contributed by atoms with Crippen LogP contribution in [-0.4, -0.2) is 47.3 Å². The molecule has 2 saturated carbocycles. The van der Waals surface area contributed by atoms with Crippen LogP contribution in [0.2, 0.25) is 5.02 Å². The van der Waals surface area contributed by atoms with E-state index in [9.17, 15) is 8.42 Å². The number of hydrogen-bond acceptors (Lipinski definition) is 7. The van der Waals surface area contributed by atoms with Crippen molar-refractivity contribution in [1.29, 1.82) is 0 Å². The van der Waals surface area contributed by atoms with Crippen molar-refractivity contribution in [2.45, 2.75) is 48.5 Å². The lowest BCUT2D eigenvalue weighted by Gasteiger charge is -2.13. The normalized spacial score (nSPS) is 19.6. The van der Waals surface area contributed by atoms with Crippen molar-refractivity contribution in [3.8, 4) is 10.8 Å². The average Bonchev–Trinajstić information content (AvgIpc) is 3.46.